The molecule has 10 nitrogen and oxygen atoms in total. The highest BCUT2D eigenvalue weighted by atomic mass is 16.6. The molecule has 3 atom stereocenters. The number of nitrogens with one attached hydrogen (secondary N) is 1. The first-order valence-electron chi connectivity index (χ1n) is 6.23. The summed E-state index contributed by atoms with van der Waals surface area (Å²) in [5, 5.41) is 22.8. The first-order valence-corrected chi connectivity index (χ1v) is 6.23. The molecule has 1 fully saturated rings. The summed E-state index contributed by atoms with van der Waals surface area (Å²) in [7, 11) is 0. The lowest BCUT2D eigenvalue weighted by molar-refractivity contribution is -0.122. The Bertz CT molecular complexity index is 691. The van der Waals surface area contributed by atoms with Crippen molar-refractivity contribution in [1.29, 1.82) is 0 Å². The standard InChI is InChI=1S/C11H15N5O5/c1-6-3-16(10(20)14-9(6)19)8-2-7(18)11(5-17,21-8)4-13-15-12/h3,7-8,17-18H,2,4-5H2,1H3,(H,14,19,20)/t7?,8-,11-/m1/s1. The van der Waals surface area contributed by atoms with Gasteiger partial charge >= 0.3 is 5.69 Å². The van der Waals surface area contributed by atoms with Crippen molar-refractivity contribution in [2.75, 3.05) is 13.2 Å². The molecule has 0 spiro atoms. The largest absolute Gasteiger partial charge is 0.393 e. The topological polar surface area (TPSA) is 153 Å². The molecule has 0 saturated carbocycles. The summed E-state index contributed by atoms with van der Waals surface area (Å²) >= 11 is 0. The maximum Gasteiger partial charge on any atom is 0.330 e. The average Bonchev–Trinajstić information content (AvgIpc) is 2.78. The third-order valence-corrected chi connectivity index (χ3v) is 3.53. The first kappa shape index (κ1) is 15.3. The van der Waals surface area contributed by atoms with Gasteiger partial charge in [0.1, 0.15) is 11.8 Å². The predicted molar refractivity (Wildman–Crippen MR) is 70.6 cm³/mol. The number of aliphatic hydroxyl groups is 2. The fraction of sp³-hybridized carbons (Fsp3) is 0.636. The van der Waals surface area contributed by atoms with Gasteiger partial charge in [-0.3, -0.25) is 14.3 Å². The van der Waals surface area contributed by atoms with Crippen molar-refractivity contribution in [2.24, 2.45) is 5.11 Å². The maximum atomic E-state index is 11.8. The van der Waals surface area contributed by atoms with Gasteiger partial charge in [-0.15, -0.1) is 0 Å². The number of aromatic amines is 1. The Morgan fingerprint density at radius 3 is 3.00 bits per heavy atom. The van der Waals surface area contributed by atoms with Crippen molar-refractivity contribution < 1.29 is 14.9 Å². The number of rotatable bonds is 4. The second kappa shape index (κ2) is 5.70. The van der Waals surface area contributed by atoms with E-state index in [1.807, 2.05) is 0 Å². The summed E-state index contributed by atoms with van der Waals surface area (Å²) in [6, 6.07) is 0. The summed E-state index contributed by atoms with van der Waals surface area (Å²) < 4.78 is 6.68. The van der Waals surface area contributed by atoms with E-state index in [4.69, 9.17) is 10.3 Å². The molecule has 10 heteroatoms. The fourth-order valence-electron chi connectivity index (χ4n) is 2.26. The van der Waals surface area contributed by atoms with Crippen LogP contribution in [-0.4, -0.2) is 44.6 Å². The van der Waals surface area contributed by atoms with Gasteiger partial charge in [0.2, 0.25) is 0 Å². The maximum absolute atomic E-state index is 11.8. The van der Waals surface area contributed by atoms with Gasteiger partial charge in [0, 0.05) is 23.1 Å². The molecular formula is C11H15N5O5. The number of H-pyrrole nitrogens is 1. The normalized spacial score (nSPS) is 28.3. The van der Waals surface area contributed by atoms with E-state index in [1.165, 1.54) is 13.1 Å². The third-order valence-electron chi connectivity index (χ3n) is 3.53. The van der Waals surface area contributed by atoms with Gasteiger partial charge in [0.25, 0.3) is 5.56 Å². The van der Waals surface area contributed by atoms with Crippen LogP contribution in [0.4, 0.5) is 0 Å². The minimum atomic E-state index is -1.46. The van der Waals surface area contributed by atoms with Crippen LogP contribution in [0.2, 0.25) is 0 Å². The molecule has 2 heterocycles. The highest BCUT2D eigenvalue weighted by Crippen LogP contribution is 2.36. The summed E-state index contributed by atoms with van der Waals surface area (Å²) in [6.07, 6.45) is -0.645. The zero-order valence-corrected chi connectivity index (χ0v) is 11.3. The number of azide groups is 1. The van der Waals surface area contributed by atoms with E-state index in [-0.39, 0.29) is 13.0 Å². The van der Waals surface area contributed by atoms with E-state index in [0.717, 1.165) is 4.57 Å². The minimum absolute atomic E-state index is 0.0207. The van der Waals surface area contributed by atoms with Gasteiger partial charge < -0.3 is 14.9 Å². The van der Waals surface area contributed by atoms with Crippen LogP contribution in [0.15, 0.2) is 20.9 Å². The van der Waals surface area contributed by atoms with Crippen LogP contribution in [0.25, 0.3) is 10.4 Å². The molecule has 1 unspecified atom stereocenters. The molecule has 114 valence electrons. The Morgan fingerprint density at radius 1 is 1.67 bits per heavy atom. The number of ether oxygens (including phenoxy) is 1. The average molecular weight is 297 g/mol. The lowest BCUT2D eigenvalue weighted by Gasteiger charge is -2.28. The van der Waals surface area contributed by atoms with E-state index in [0.29, 0.717) is 5.56 Å². The monoisotopic (exact) mass is 297 g/mol. The summed E-state index contributed by atoms with van der Waals surface area (Å²) in [5.41, 5.74) is 6.03. The van der Waals surface area contributed by atoms with E-state index in [1.54, 1.807) is 0 Å². The third kappa shape index (κ3) is 2.69. The number of aromatic nitrogens is 2. The Kier molecular flexibility index (Phi) is 4.14. The molecule has 1 aliphatic rings. The molecule has 21 heavy (non-hydrogen) atoms. The molecule has 0 aliphatic carbocycles. The van der Waals surface area contributed by atoms with Crippen molar-refractivity contribution in [3.05, 3.63) is 43.0 Å². The molecule has 0 amide bonds. The van der Waals surface area contributed by atoms with E-state index in [9.17, 15) is 19.8 Å². The van der Waals surface area contributed by atoms with Crippen LogP contribution < -0.4 is 11.2 Å². The van der Waals surface area contributed by atoms with Gasteiger partial charge in [-0.2, -0.15) is 0 Å². The van der Waals surface area contributed by atoms with Gasteiger partial charge in [-0.25, -0.2) is 4.79 Å². The van der Waals surface area contributed by atoms with Crippen LogP contribution >= 0.6 is 0 Å². The first-order chi connectivity index (χ1) is 9.93. The van der Waals surface area contributed by atoms with Gasteiger partial charge in [-0.1, -0.05) is 5.11 Å². The fourth-order valence-corrected chi connectivity index (χ4v) is 2.26. The summed E-state index contributed by atoms with van der Waals surface area (Å²) in [4.78, 5) is 27.8. The van der Waals surface area contributed by atoms with Crippen LogP contribution in [0.5, 0.6) is 0 Å². The minimum Gasteiger partial charge on any atom is -0.393 e. The zero-order chi connectivity index (χ0) is 15.6. The second-order valence-corrected chi connectivity index (χ2v) is 4.91. The number of aryl methyl sites for hydroxylation is 1. The van der Waals surface area contributed by atoms with Gasteiger partial charge in [0.05, 0.1) is 19.3 Å². The molecule has 0 radical (unpaired) electrons. The Hall–Kier alpha value is -2.13. The van der Waals surface area contributed by atoms with E-state index < -0.39 is 35.8 Å². The Morgan fingerprint density at radius 2 is 2.38 bits per heavy atom. The zero-order valence-electron chi connectivity index (χ0n) is 11.3. The van der Waals surface area contributed by atoms with Crippen LogP contribution in [-0.2, 0) is 4.74 Å². The molecule has 1 saturated heterocycles. The van der Waals surface area contributed by atoms with Gasteiger partial charge in [-0.05, 0) is 12.5 Å². The Labute approximate surface area is 118 Å². The predicted octanol–water partition coefficient (Wildman–Crippen LogP) is -0.834. The number of nitrogens with zero attached hydrogens (tertiary/aromatic N) is 4. The summed E-state index contributed by atoms with van der Waals surface area (Å²) in [6.45, 7) is 0.689. The number of hydrogen-bond donors (Lipinski definition) is 3. The molecule has 0 aromatic carbocycles. The molecule has 1 aliphatic heterocycles. The Balaban J connectivity index is 2.36. The SMILES string of the molecule is Cc1cn([C@H]2CC(O)[C@](CO)(CN=[N+]=[N-])O2)c(=O)[nH]c1=O. The lowest BCUT2D eigenvalue weighted by atomic mass is 9.98. The molecule has 1 aromatic rings. The van der Waals surface area contributed by atoms with Gasteiger partial charge in [0.15, 0.2) is 0 Å². The smallest absolute Gasteiger partial charge is 0.330 e. The molecule has 1 aromatic heterocycles. The quantitative estimate of drug-likeness (QED) is 0.376. The number of hydrogen-bond acceptors (Lipinski definition) is 6. The molecule has 0 bridgehead atoms. The van der Waals surface area contributed by atoms with E-state index >= 15 is 0 Å². The molecular weight excluding hydrogens is 282 g/mol. The lowest BCUT2D eigenvalue weighted by Crippen LogP contribution is -2.46. The molecule has 2 rings (SSSR count). The second-order valence-electron chi connectivity index (χ2n) is 4.91. The highest BCUT2D eigenvalue weighted by molar-refractivity contribution is 5.04. The van der Waals surface area contributed by atoms with Crippen LogP contribution in [0.3, 0.4) is 0 Å². The van der Waals surface area contributed by atoms with Crippen LogP contribution in [0, 0.1) is 6.92 Å². The van der Waals surface area contributed by atoms with Crippen molar-refractivity contribution in [3.8, 4) is 0 Å². The highest BCUT2D eigenvalue weighted by Gasteiger charge is 2.48. The van der Waals surface area contributed by atoms with Crippen molar-refractivity contribution >= 4 is 0 Å². The molecule has 3 N–H and O–H groups in total. The van der Waals surface area contributed by atoms with Crippen molar-refractivity contribution in [1.82, 2.24) is 9.55 Å². The van der Waals surface area contributed by atoms with Crippen molar-refractivity contribution in [2.45, 2.75) is 31.3 Å². The summed E-state index contributed by atoms with van der Waals surface area (Å²) in [5.74, 6) is 0. The van der Waals surface area contributed by atoms with Crippen LogP contribution in [0.1, 0.15) is 18.2 Å². The van der Waals surface area contributed by atoms with Crippen molar-refractivity contribution in [3.63, 3.8) is 0 Å². The van der Waals surface area contributed by atoms with E-state index in [2.05, 4.69) is 15.0 Å². The number of aliphatic hydroxyl groups excluding tert-OH is 2.